The Bertz CT molecular complexity index is 91.0. The standard InChI is InChI=1S/C6H12O5/c7-4-9-5-8-3-6-10-1-2-11-6/h6-7H,1-5H2. The zero-order chi connectivity index (χ0) is 7.94. The van der Waals surface area contributed by atoms with Crippen molar-refractivity contribution in [3.63, 3.8) is 0 Å². The second-order valence-electron chi connectivity index (χ2n) is 1.99. The van der Waals surface area contributed by atoms with Crippen LogP contribution in [0, 0.1) is 0 Å². The number of hydrogen-bond donors (Lipinski definition) is 1. The first kappa shape index (κ1) is 8.89. The lowest BCUT2D eigenvalue weighted by molar-refractivity contribution is -0.155. The minimum atomic E-state index is -0.327. The number of aliphatic hydroxyl groups excluding tert-OH is 1. The fourth-order valence-corrected chi connectivity index (χ4v) is 0.744. The molecule has 1 saturated heterocycles. The van der Waals surface area contributed by atoms with E-state index < -0.39 is 0 Å². The normalized spacial score (nSPS) is 19.4. The minimum absolute atomic E-state index is 0.0692. The van der Waals surface area contributed by atoms with Crippen molar-refractivity contribution in [1.29, 1.82) is 0 Å². The van der Waals surface area contributed by atoms with Gasteiger partial charge in [0, 0.05) is 0 Å². The lowest BCUT2D eigenvalue weighted by Crippen LogP contribution is -2.17. The fourth-order valence-electron chi connectivity index (χ4n) is 0.744. The van der Waals surface area contributed by atoms with E-state index in [0.717, 1.165) is 0 Å². The highest BCUT2D eigenvalue weighted by Crippen LogP contribution is 2.03. The predicted molar refractivity (Wildman–Crippen MR) is 34.7 cm³/mol. The van der Waals surface area contributed by atoms with Crippen LogP contribution in [-0.4, -0.2) is 44.8 Å². The van der Waals surface area contributed by atoms with E-state index in [0.29, 0.717) is 19.8 Å². The van der Waals surface area contributed by atoms with Gasteiger partial charge in [-0.05, 0) is 0 Å². The largest absolute Gasteiger partial charge is 0.371 e. The van der Waals surface area contributed by atoms with Gasteiger partial charge in [-0.25, -0.2) is 0 Å². The zero-order valence-electron chi connectivity index (χ0n) is 6.19. The SMILES string of the molecule is OCOCOCC1OCCO1. The van der Waals surface area contributed by atoms with Crippen LogP contribution < -0.4 is 0 Å². The van der Waals surface area contributed by atoms with Gasteiger partial charge in [-0.3, -0.25) is 0 Å². The van der Waals surface area contributed by atoms with Gasteiger partial charge in [-0.1, -0.05) is 0 Å². The van der Waals surface area contributed by atoms with Crippen LogP contribution in [0.5, 0.6) is 0 Å². The number of rotatable bonds is 5. The molecule has 0 saturated carbocycles. The first-order valence-corrected chi connectivity index (χ1v) is 3.43. The maximum Gasteiger partial charge on any atom is 0.181 e. The molecular weight excluding hydrogens is 152 g/mol. The smallest absolute Gasteiger partial charge is 0.181 e. The lowest BCUT2D eigenvalue weighted by Gasteiger charge is -2.08. The second kappa shape index (κ2) is 5.45. The van der Waals surface area contributed by atoms with E-state index in [1.165, 1.54) is 0 Å². The van der Waals surface area contributed by atoms with E-state index in [4.69, 9.17) is 19.3 Å². The van der Waals surface area contributed by atoms with Crippen LogP contribution in [0.3, 0.4) is 0 Å². The maximum atomic E-state index is 8.19. The Kier molecular flexibility index (Phi) is 4.41. The Morgan fingerprint density at radius 1 is 1.27 bits per heavy atom. The predicted octanol–water partition coefficient (Wildman–Crippen LogP) is -0.700. The first-order valence-electron chi connectivity index (χ1n) is 3.43. The summed E-state index contributed by atoms with van der Waals surface area (Å²) in [7, 11) is 0. The molecule has 0 aliphatic carbocycles. The van der Waals surface area contributed by atoms with Gasteiger partial charge in [0.2, 0.25) is 0 Å². The van der Waals surface area contributed by atoms with E-state index in [-0.39, 0.29) is 19.9 Å². The molecule has 1 rings (SSSR count). The average Bonchev–Trinajstić information content (AvgIpc) is 2.50. The van der Waals surface area contributed by atoms with Gasteiger partial charge >= 0.3 is 0 Å². The molecule has 66 valence electrons. The van der Waals surface area contributed by atoms with Crippen molar-refractivity contribution in [1.82, 2.24) is 0 Å². The van der Waals surface area contributed by atoms with E-state index in [9.17, 15) is 0 Å². The molecule has 0 radical (unpaired) electrons. The monoisotopic (exact) mass is 164 g/mol. The van der Waals surface area contributed by atoms with Gasteiger partial charge in [0.1, 0.15) is 20.2 Å². The van der Waals surface area contributed by atoms with Crippen LogP contribution in [0.1, 0.15) is 0 Å². The Balaban J connectivity index is 1.86. The van der Waals surface area contributed by atoms with Crippen LogP contribution >= 0.6 is 0 Å². The van der Waals surface area contributed by atoms with E-state index >= 15 is 0 Å². The molecule has 1 N–H and O–H groups in total. The molecule has 0 bridgehead atoms. The summed E-state index contributed by atoms with van der Waals surface area (Å²) in [5, 5.41) is 8.19. The van der Waals surface area contributed by atoms with Gasteiger partial charge in [0.15, 0.2) is 6.29 Å². The topological polar surface area (TPSA) is 57.2 Å². The summed E-state index contributed by atoms with van der Waals surface area (Å²) in [5.41, 5.74) is 0. The van der Waals surface area contributed by atoms with Gasteiger partial charge in [-0.15, -0.1) is 0 Å². The molecule has 1 aliphatic rings. The summed E-state index contributed by atoms with van der Waals surface area (Å²) in [6.07, 6.45) is -0.266. The summed E-state index contributed by atoms with van der Waals surface area (Å²) in [6.45, 7) is 1.33. The summed E-state index contributed by atoms with van der Waals surface area (Å²) >= 11 is 0. The van der Waals surface area contributed by atoms with Gasteiger partial charge in [-0.2, -0.15) is 0 Å². The molecule has 0 aromatic carbocycles. The van der Waals surface area contributed by atoms with Crippen LogP contribution in [0.2, 0.25) is 0 Å². The van der Waals surface area contributed by atoms with E-state index in [1.807, 2.05) is 0 Å². The minimum Gasteiger partial charge on any atom is -0.371 e. The van der Waals surface area contributed by atoms with Gasteiger partial charge in [0.25, 0.3) is 0 Å². The Hall–Kier alpha value is -0.200. The fraction of sp³-hybridized carbons (Fsp3) is 1.00. The Labute approximate surface area is 64.8 Å². The molecule has 5 heteroatoms. The van der Waals surface area contributed by atoms with Crippen molar-refractivity contribution in [2.24, 2.45) is 0 Å². The molecule has 1 fully saturated rings. The van der Waals surface area contributed by atoms with Crippen LogP contribution in [-0.2, 0) is 18.9 Å². The number of hydrogen-bond acceptors (Lipinski definition) is 5. The molecule has 5 nitrogen and oxygen atoms in total. The number of ether oxygens (including phenoxy) is 4. The van der Waals surface area contributed by atoms with Crippen molar-refractivity contribution < 1.29 is 24.1 Å². The molecule has 0 unspecified atom stereocenters. The van der Waals surface area contributed by atoms with Crippen LogP contribution in [0.15, 0.2) is 0 Å². The summed E-state index contributed by atoms with van der Waals surface area (Å²) in [5.74, 6) is 0. The lowest BCUT2D eigenvalue weighted by atomic mass is 10.7. The quantitative estimate of drug-likeness (QED) is 0.430. The average molecular weight is 164 g/mol. The molecule has 0 atom stereocenters. The number of aliphatic hydroxyl groups is 1. The molecule has 1 aliphatic heterocycles. The third kappa shape index (κ3) is 3.64. The summed E-state index contributed by atoms with van der Waals surface area (Å²) in [6, 6.07) is 0. The van der Waals surface area contributed by atoms with Crippen molar-refractivity contribution in [2.45, 2.75) is 6.29 Å². The summed E-state index contributed by atoms with van der Waals surface area (Å²) in [4.78, 5) is 0. The van der Waals surface area contributed by atoms with Crippen molar-refractivity contribution in [3.8, 4) is 0 Å². The second-order valence-corrected chi connectivity index (χ2v) is 1.99. The first-order chi connectivity index (χ1) is 5.43. The highest BCUT2D eigenvalue weighted by atomic mass is 16.7. The Morgan fingerprint density at radius 3 is 2.64 bits per heavy atom. The van der Waals surface area contributed by atoms with Crippen LogP contribution in [0.25, 0.3) is 0 Å². The zero-order valence-corrected chi connectivity index (χ0v) is 6.19. The van der Waals surface area contributed by atoms with Gasteiger partial charge < -0.3 is 24.1 Å². The van der Waals surface area contributed by atoms with Gasteiger partial charge in [0.05, 0.1) is 13.2 Å². The molecule has 0 amide bonds. The molecule has 0 spiro atoms. The molecule has 1 heterocycles. The van der Waals surface area contributed by atoms with E-state index in [1.54, 1.807) is 0 Å². The third-order valence-electron chi connectivity index (χ3n) is 1.20. The van der Waals surface area contributed by atoms with E-state index in [2.05, 4.69) is 4.74 Å². The van der Waals surface area contributed by atoms with Crippen LogP contribution in [0.4, 0.5) is 0 Å². The highest BCUT2D eigenvalue weighted by molar-refractivity contribution is 4.48. The molecule has 11 heavy (non-hydrogen) atoms. The molecule has 0 aromatic rings. The van der Waals surface area contributed by atoms with Crippen molar-refractivity contribution >= 4 is 0 Å². The van der Waals surface area contributed by atoms with Crippen molar-refractivity contribution in [3.05, 3.63) is 0 Å². The highest BCUT2D eigenvalue weighted by Gasteiger charge is 2.15. The Morgan fingerprint density at radius 2 is 2.00 bits per heavy atom. The van der Waals surface area contributed by atoms with Crippen molar-refractivity contribution in [2.75, 3.05) is 33.4 Å². The summed E-state index contributed by atoms with van der Waals surface area (Å²) < 4.78 is 19.6. The molecule has 0 aromatic heterocycles. The molecular formula is C6H12O5. The maximum absolute atomic E-state index is 8.19. The third-order valence-corrected chi connectivity index (χ3v) is 1.20.